The van der Waals surface area contributed by atoms with Crippen molar-refractivity contribution in [3.63, 3.8) is 0 Å². The number of hydrogen-bond acceptors (Lipinski definition) is 3. The Balaban J connectivity index is 1.34. The second-order valence-electron chi connectivity index (χ2n) is 7.86. The van der Waals surface area contributed by atoms with E-state index in [2.05, 4.69) is 59.6 Å². The Bertz CT molecular complexity index is 773. The second-order valence-corrected chi connectivity index (χ2v) is 9.11. The van der Waals surface area contributed by atoms with Crippen molar-refractivity contribution in [1.29, 1.82) is 0 Å². The lowest BCUT2D eigenvalue weighted by molar-refractivity contribution is -0.120. The molecule has 2 aromatic carbocycles. The van der Waals surface area contributed by atoms with Gasteiger partial charge in [0.15, 0.2) is 0 Å². The Labute approximate surface area is 166 Å². The van der Waals surface area contributed by atoms with Crippen LogP contribution in [0.3, 0.4) is 0 Å². The number of likely N-dealkylation sites (tertiary alicyclic amines) is 1. The van der Waals surface area contributed by atoms with E-state index in [1.807, 2.05) is 6.07 Å². The molecule has 0 saturated carbocycles. The van der Waals surface area contributed by atoms with E-state index in [1.165, 1.54) is 47.5 Å². The predicted octanol–water partition coefficient (Wildman–Crippen LogP) is 4.25. The van der Waals surface area contributed by atoms with Crippen molar-refractivity contribution in [3.8, 4) is 0 Å². The fourth-order valence-electron chi connectivity index (χ4n) is 3.97. The number of fused-ring (bicyclic) bond motifs is 1. The van der Waals surface area contributed by atoms with E-state index in [9.17, 15) is 4.79 Å². The number of carbonyl (C=O) groups is 1. The summed E-state index contributed by atoms with van der Waals surface area (Å²) in [5.41, 5.74) is 3.88. The molecule has 4 rings (SSSR count). The van der Waals surface area contributed by atoms with Crippen molar-refractivity contribution in [1.82, 2.24) is 10.2 Å². The van der Waals surface area contributed by atoms with Crippen LogP contribution in [-0.2, 0) is 24.3 Å². The zero-order chi connectivity index (χ0) is 18.6. The molecule has 1 unspecified atom stereocenters. The first kappa shape index (κ1) is 18.6. The van der Waals surface area contributed by atoms with Gasteiger partial charge in [-0.05, 0) is 61.0 Å². The number of thioether (sulfide) groups is 1. The number of benzene rings is 2. The van der Waals surface area contributed by atoms with Crippen molar-refractivity contribution in [3.05, 3.63) is 65.2 Å². The van der Waals surface area contributed by atoms with E-state index in [4.69, 9.17) is 0 Å². The lowest BCUT2D eigenvalue weighted by Gasteiger charge is -2.30. The smallest absolute Gasteiger partial charge is 0.234 e. The van der Waals surface area contributed by atoms with E-state index in [-0.39, 0.29) is 11.2 Å². The van der Waals surface area contributed by atoms with E-state index in [0.717, 1.165) is 18.9 Å². The van der Waals surface area contributed by atoms with Crippen LogP contribution in [0.1, 0.15) is 36.5 Å². The maximum atomic E-state index is 12.7. The average Bonchev–Trinajstić information content (AvgIpc) is 3.13. The summed E-state index contributed by atoms with van der Waals surface area (Å²) >= 11 is 1.69. The van der Waals surface area contributed by atoms with Crippen LogP contribution in [0.5, 0.6) is 0 Å². The Kier molecular flexibility index (Phi) is 5.84. The van der Waals surface area contributed by atoms with Gasteiger partial charge in [-0.25, -0.2) is 0 Å². The molecule has 1 saturated heterocycles. The molecule has 2 heterocycles. The zero-order valence-electron chi connectivity index (χ0n) is 16.0. The molecule has 1 fully saturated rings. The third kappa shape index (κ3) is 4.56. The molecule has 1 amide bonds. The largest absolute Gasteiger partial charge is 0.351 e. The van der Waals surface area contributed by atoms with Gasteiger partial charge in [0.25, 0.3) is 0 Å². The predicted molar refractivity (Wildman–Crippen MR) is 112 cm³/mol. The number of nitrogens with zero attached hydrogens (tertiary/aromatic N) is 1. The third-order valence-corrected chi connectivity index (χ3v) is 7.10. The van der Waals surface area contributed by atoms with Gasteiger partial charge in [-0.3, -0.25) is 9.69 Å². The van der Waals surface area contributed by atoms with Crippen molar-refractivity contribution in [2.24, 2.45) is 5.92 Å². The number of piperidine rings is 1. The van der Waals surface area contributed by atoms with Gasteiger partial charge in [0, 0.05) is 18.0 Å². The molecule has 1 N–H and O–H groups in total. The van der Waals surface area contributed by atoms with E-state index < -0.39 is 0 Å². The zero-order valence-corrected chi connectivity index (χ0v) is 16.8. The number of amides is 1. The first-order valence-corrected chi connectivity index (χ1v) is 10.9. The van der Waals surface area contributed by atoms with Gasteiger partial charge in [0.2, 0.25) is 5.91 Å². The van der Waals surface area contributed by atoms with Crippen LogP contribution in [0.2, 0.25) is 0 Å². The summed E-state index contributed by atoms with van der Waals surface area (Å²) in [6.45, 7) is 6.31. The number of carbonyl (C=O) groups excluding carboxylic acids is 1. The minimum absolute atomic E-state index is 0.00172. The molecule has 0 spiro atoms. The number of rotatable bonds is 5. The summed E-state index contributed by atoms with van der Waals surface area (Å²) < 4.78 is 0. The normalized spacial score (nSPS) is 20.4. The molecule has 3 nitrogen and oxygen atoms in total. The van der Waals surface area contributed by atoms with Crippen molar-refractivity contribution < 1.29 is 4.79 Å². The molecule has 0 radical (unpaired) electrons. The van der Waals surface area contributed by atoms with Gasteiger partial charge in [-0.1, -0.05) is 49.4 Å². The molecular formula is C23H28N2OS. The summed E-state index contributed by atoms with van der Waals surface area (Å²) in [4.78, 5) is 16.5. The fourth-order valence-corrected chi connectivity index (χ4v) is 5.19. The Morgan fingerprint density at radius 3 is 2.56 bits per heavy atom. The van der Waals surface area contributed by atoms with Gasteiger partial charge in [0.05, 0.1) is 5.25 Å². The van der Waals surface area contributed by atoms with Crippen LogP contribution in [0.15, 0.2) is 53.4 Å². The highest BCUT2D eigenvalue weighted by Crippen LogP contribution is 2.36. The van der Waals surface area contributed by atoms with Crippen LogP contribution in [0, 0.1) is 5.92 Å². The Morgan fingerprint density at radius 2 is 1.78 bits per heavy atom. The molecule has 4 heteroatoms. The SMILES string of the molecule is CC1CCN(Cc2ccccc2CNC(=O)C2Cc3ccccc3S2)CC1. The molecule has 2 aromatic rings. The van der Waals surface area contributed by atoms with Crippen LogP contribution in [-0.4, -0.2) is 29.1 Å². The van der Waals surface area contributed by atoms with Crippen LogP contribution >= 0.6 is 11.8 Å². The summed E-state index contributed by atoms with van der Waals surface area (Å²) in [6, 6.07) is 16.9. The Hall–Kier alpha value is -1.78. The van der Waals surface area contributed by atoms with E-state index in [1.54, 1.807) is 11.8 Å². The average molecular weight is 381 g/mol. The maximum absolute atomic E-state index is 12.7. The molecular weight excluding hydrogens is 352 g/mol. The summed E-state index contributed by atoms with van der Waals surface area (Å²) in [5.74, 6) is 1.00. The van der Waals surface area contributed by atoms with Crippen molar-refractivity contribution in [2.75, 3.05) is 13.1 Å². The van der Waals surface area contributed by atoms with Crippen LogP contribution in [0.25, 0.3) is 0 Å². The first-order chi connectivity index (χ1) is 13.2. The molecule has 0 bridgehead atoms. The quantitative estimate of drug-likeness (QED) is 0.841. The van der Waals surface area contributed by atoms with Gasteiger partial charge in [-0.15, -0.1) is 11.8 Å². The van der Waals surface area contributed by atoms with E-state index >= 15 is 0 Å². The highest BCUT2D eigenvalue weighted by atomic mass is 32.2. The van der Waals surface area contributed by atoms with Gasteiger partial charge in [0.1, 0.15) is 0 Å². The summed E-state index contributed by atoms with van der Waals surface area (Å²) in [7, 11) is 0. The molecule has 142 valence electrons. The number of nitrogens with one attached hydrogen (secondary N) is 1. The molecule has 27 heavy (non-hydrogen) atoms. The first-order valence-electron chi connectivity index (χ1n) is 10.0. The lowest BCUT2D eigenvalue weighted by Crippen LogP contribution is -2.34. The standard InChI is InChI=1S/C23H28N2OS/c1-17-10-12-25(13-11-17)16-20-8-3-2-7-19(20)15-24-23(26)22-14-18-6-4-5-9-21(18)27-22/h2-9,17,22H,10-16H2,1H3,(H,24,26). The minimum atomic E-state index is -0.00172. The van der Waals surface area contributed by atoms with E-state index in [0.29, 0.717) is 6.54 Å². The molecule has 0 aliphatic carbocycles. The van der Waals surface area contributed by atoms with Crippen molar-refractivity contribution >= 4 is 17.7 Å². The lowest BCUT2D eigenvalue weighted by atomic mass is 9.98. The highest BCUT2D eigenvalue weighted by molar-refractivity contribution is 8.01. The number of hydrogen-bond donors (Lipinski definition) is 1. The second kappa shape index (κ2) is 8.49. The monoisotopic (exact) mass is 380 g/mol. The Morgan fingerprint density at radius 1 is 1.07 bits per heavy atom. The van der Waals surface area contributed by atoms with Gasteiger partial charge < -0.3 is 5.32 Å². The summed E-state index contributed by atoms with van der Waals surface area (Å²) in [6.07, 6.45) is 3.41. The summed E-state index contributed by atoms with van der Waals surface area (Å²) in [5, 5.41) is 3.18. The van der Waals surface area contributed by atoms with Crippen LogP contribution < -0.4 is 5.32 Å². The van der Waals surface area contributed by atoms with Crippen molar-refractivity contribution in [2.45, 2.75) is 49.4 Å². The van der Waals surface area contributed by atoms with Crippen LogP contribution in [0.4, 0.5) is 0 Å². The molecule has 0 aromatic heterocycles. The molecule has 1 atom stereocenters. The fraction of sp³-hybridized carbons (Fsp3) is 0.435. The highest BCUT2D eigenvalue weighted by Gasteiger charge is 2.27. The maximum Gasteiger partial charge on any atom is 0.234 e. The molecule has 2 aliphatic heterocycles. The topological polar surface area (TPSA) is 32.3 Å². The van der Waals surface area contributed by atoms with Gasteiger partial charge in [-0.2, -0.15) is 0 Å². The molecule has 2 aliphatic rings. The van der Waals surface area contributed by atoms with Gasteiger partial charge >= 0.3 is 0 Å². The minimum Gasteiger partial charge on any atom is -0.351 e. The third-order valence-electron chi connectivity index (χ3n) is 5.78.